The van der Waals surface area contributed by atoms with Gasteiger partial charge < -0.3 is 25.4 Å². The molecule has 31 heavy (non-hydrogen) atoms. The summed E-state index contributed by atoms with van der Waals surface area (Å²) in [7, 11) is 0. The monoisotopic (exact) mass is 431 g/mol. The van der Waals surface area contributed by atoms with Crippen molar-refractivity contribution in [1.29, 1.82) is 0 Å². The van der Waals surface area contributed by atoms with Gasteiger partial charge in [-0.25, -0.2) is 0 Å². The Hall–Kier alpha value is -1.73. The van der Waals surface area contributed by atoms with Gasteiger partial charge in [-0.1, -0.05) is 42.5 Å². The quantitative estimate of drug-likeness (QED) is 0.231. The molecule has 3 rings (SSSR count). The van der Waals surface area contributed by atoms with Crippen LogP contribution in [-0.2, 0) is 16.0 Å². The summed E-state index contributed by atoms with van der Waals surface area (Å²) >= 11 is 0. The largest absolute Gasteiger partial charge is 0.393 e. The van der Waals surface area contributed by atoms with Crippen molar-refractivity contribution < 1.29 is 24.9 Å². The Bertz CT molecular complexity index is 709. The van der Waals surface area contributed by atoms with Gasteiger partial charge in [0.05, 0.1) is 24.4 Å². The molecule has 1 unspecified atom stereocenters. The molecule has 0 bridgehead atoms. The van der Waals surface area contributed by atoms with Crippen molar-refractivity contribution in [2.24, 2.45) is 11.8 Å². The molecular formula is C25H37NO5. The maximum atomic E-state index is 11.5. The van der Waals surface area contributed by atoms with E-state index in [2.05, 4.69) is 5.32 Å². The first-order chi connectivity index (χ1) is 15.0. The van der Waals surface area contributed by atoms with Crippen LogP contribution in [-0.4, -0.2) is 58.3 Å². The number of nitrogens with one attached hydrogen (secondary N) is 1. The lowest BCUT2D eigenvalue weighted by Crippen LogP contribution is -2.30. The minimum Gasteiger partial charge on any atom is -0.393 e. The average Bonchev–Trinajstić information content (AvgIpc) is 3.49. The average molecular weight is 432 g/mol. The molecule has 2 aliphatic rings. The lowest BCUT2D eigenvalue weighted by atomic mass is 9.85. The molecule has 1 saturated heterocycles. The topological polar surface area (TPSA) is 102 Å². The van der Waals surface area contributed by atoms with Crippen molar-refractivity contribution in [2.75, 3.05) is 6.54 Å². The van der Waals surface area contributed by atoms with Crippen molar-refractivity contribution >= 4 is 5.91 Å². The molecule has 1 aromatic rings. The maximum absolute atomic E-state index is 11.5. The highest BCUT2D eigenvalue weighted by Gasteiger charge is 2.57. The van der Waals surface area contributed by atoms with Crippen molar-refractivity contribution in [3.05, 3.63) is 48.0 Å². The summed E-state index contributed by atoms with van der Waals surface area (Å²) in [6.45, 7) is 2.56. The summed E-state index contributed by atoms with van der Waals surface area (Å²) in [4.78, 5) is 11.5. The van der Waals surface area contributed by atoms with E-state index in [9.17, 15) is 20.1 Å². The molecule has 1 amide bonds. The van der Waals surface area contributed by atoms with E-state index < -0.39 is 18.3 Å². The number of unbranched alkanes of at least 4 members (excludes halogenated alkanes) is 1. The SMILES string of the molecule is CCNC(=O)CCC/C=C/C[C@@H]1[C@@H]([C@H]2OC2[C@@H](O)CCc2ccccc2)[C@H](O)C[C@@H]1O. The summed E-state index contributed by atoms with van der Waals surface area (Å²) in [5.41, 5.74) is 1.19. The number of allylic oxidation sites excluding steroid dienone is 2. The van der Waals surface area contributed by atoms with Crippen LogP contribution in [0.15, 0.2) is 42.5 Å². The van der Waals surface area contributed by atoms with Gasteiger partial charge in [-0.2, -0.15) is 0 Å². The second kappa shape index (κ2) is 11.8. The Morgan fingerprint density at radius 2 is 2.00 bits per heavy atom. The first kappa shape index (κ1) is 23.9. The van der Waals surface area contributed by atoms with E-state index in [1.54, 1.807) is 0 Å². The molecule has 1 saturated carbocycles. The van der Waals surface area contributed by atoms with Crippen LogP contribution >= 0.6 is 0 Å². The van der Waals surface area contributed by atoms with Crippen LogP contribution in [0.2, 0.25) is 0 Å². The number of hydrogen-bond donors (Lipinski definition) is 4. The number of amides is 1. The smallest absolute Gasteiger partial charge is 0.219 e. The molecule has 1 aliphatic heterocycles. The second-order valence-electron chi connectivity index (χ2n) is 8.82. The minimum absolute atomic E-state index is 0.0769. The van der Waals surface area contributed by atoms with Gasteiger partial charge in [0.25, 0.3) is 0 Å². The van der Waals surface area contributed by atoms with Gasteiger partial charge in [-0.15, -0.1) is 0 Å². The number of aliphatic hydroxyl groups is 3. The van der Waals surface area contributed by atoms with Crippen LogP contribution in [0.1, 0.15) is 51.0 Å². The minimum atomic E-state index is -0.609. The Morgan fingerprint density at radius 3 is 2.74 bits per heavy atom. The summed E-state index contributed by atoms with van der Waals surface area (Å²) < 4.78 is 5.80. The number of hydrogen-bond acceptors (Lipinski definition) is 5. The van der Waals surface area contributed by atoms with Gasteiger partial charge in [-0.05, 0) is 56.9 Å². The lowest BCUT2D eigenvalue weighted by molar-refractivity contribution is -0.121. The van der Waals surface area contributed by atoms with Crippen LogP contribution < -0.4 is 5.32 Å². The fourth-order valence-electron chi connectivity index (χ4n) is 4.81. The maximum Gasteiger partial charge on any atom is 0.219 e. The van der Waals surface area contributed by atoms with E-state index in [-0.39, 0.29) is 30.0 Å². The number of aliphatic hydroxyl groups excluding tert-OH is 3. The first-order valence-corrected chi connectivity index (χ1v) is 11.7. The number of rotatable bonds is 12. The van der Waals surface area contributed by atoms with Gasteiger partial charge in [0.2, 0.25) is 5.91 Å². The molecule has 6 nitrogen and oxygen atoms in total. The third kappa shape index (κ3) is 6.88. The summed E-state index contributed by atoms with van der Waals surface area (Å²) in [5.74, 6) is -0.162. The zero-order chi connectivity index (χ0) is 22.2. The Labute approximate surface area is 185 Å². The number of ether oxygens (including phenoxy) is 1. The number of carbonyl (C=O) groups is 1. The van der Waals surface area contributed by atoms with Gasteiger partial charge in [0.1, 0.15) is 6.10 Å². The van der Waals surface area contributed by atoms with E-state index in [4.69, 9.17) is 4.74 Å². The summed E-state index contributed by atoms with van der Waals surface area (Å²) in [5, 5.41) is 34.3. The molecule has 4 N–H and O–H groups in total. The molecular weight excluding hydrogens is 394 g/mol. The summed E-state index contributed by atoms with van der Waals surface area (Å²) in [6.07, 6.45) is 6.43. The van der Waals surface area contributed by atoms with E-state index >= 15 is 0 Å². The Morgan fingerprint density at radius 1 is 1.23 bits per heavy atom. The highest BCUT2D eigenvalue weighted by Crippen LogP contribution is 2.46. The molecule has 0 radical (unpaired) electrons. The molecule has 172 valence electrons. The standard InChI is InChI=1S/C25H37NO5/c1-2-26-22(30)13-9-4-3-8-12-18-20(28)16-21(29)23(18)25-24(31-25)19(27)15-14-17-10-6-5-7-11-17/h3,5-8,10-11,18-21,23-25,27-29H,2,4,9,12-16H2,1H3,(H,26,30)/b8-3+/t18-,19-,20-,21+,23+,24?,25+/m0/s1. The van der Waals surface area contributed by atoms with Gasteiger partial charge in [-0.3, -0.25) is 4.79 Å². The lowest BCUT2D eigenvalue weighted by Gasteiger charge is -2.21. The van der Waals surface area contributed by atoms with E-state index in [1.807, 2.05) is 49.4 Å². The van der Waals surface area contributed by atoms with E-state index in [0.717, 1.165) is 19.3 Å². The van der Waals surface area contributed by atoms with Gasteiger partial charge in [0, 0.05) is 18.9 Å². The molecule has 1 aromatic carbocycles. The molecule has 1 heterocycles. The summed E-state index contributed by atoms with van der Waals surface area (Å²) in [6, 6.07) is 10.1. The van der Waals surface area contributed by atoms with Crippen LogP contribution in [0.5, 0.6) is 0 Å². The highest BCUT2D eigenvalue weighted by molar-refractivity contribution is 5.75. The molecule has 2 fully saturated rings. The van der Waals surface area contributed by atoms with Crippen molar-refractivity contribution in [2.45, 2.75) is 82.4 Å². The predicted octanol–water partition coefficient (Wildman–Crippen LogP) is 2.36. The van der Waals surface area contributed by atoms with Crippen molar-refractivity contribution in [1.82, 2.24) is 5.32 Å². The van der Waals surface area contributed by atoms with Crippen LogP contribution in [0.25, 0.3) is 0 Å². The zero-order valence-electron chi connectivity index (χ0n) is 18.4. The molecule has 1 aliphatic carbocycles. The van der Waals surface area contributed by atoms with Crippen LogP contribution in [0, 0.1) is 11.8 Å². The molecule has 7 atom stereocenters. The predicted molar refractivity (Wildman–Crippen MR) is 119 cm³/mol. The second-order valence-corrected chi connectivity index (χ2v) is 8.82. The van der Waals surface area contributed by atoms with Crippen molar-refractivity contribution in [3.8, 4) is 0 Å². The fraction of sp³-hybridized carbons (Fsp3) is 0.640. The van der Waals surface area contributed by atoms with Crippen LogP contribution in [0.3, 0.4) is 0 Å². The number of benzene rings is 1. The normalized spacial score (nSPS) is 31.1. The van der Waals surface area contributed by atoms with Crippen LogP contribution in [0.4, 0.5) is 0 Å². The van der Waals surface area contributed by atoms with E-state index in [0.29, 0.717) is 32.2 Å². The fourth-order valence-corrected chi connectivity index (χ4v) is 4.81. The highest BCUT2D eigenvalue weighted by atomic mass is 16.6. The van der Waals surface area contributed by atoms with E-state index in [1.165, 1.54) is 5.56 Å². The number of epoxide rings is 1. The number of aryl methyl sites for hydroxylation is 1. The first-order valence-electron chi connectivity index (χ1n) is 11.7. The zero-order valence-corrected chi connectivity index (χ0v) is 18.4. The van der Waals surface area contributed by atoms with Gasteiger partial charge >= 0.3 is 0 Å². The molecule has 0 spiro atoms. The third-order valence-corrected chi connectivity index (χ3v) is 6.53. The molecule has 6 heteroatoms. The van der Waals surface area contributed by atoms with Crippen molar-refractivity contribution in [3.63, 3.8) is 0 Å². The molecule has 0 aromatic heterocycles. The Kier molecular flexibility index (Phi) is 9.08. The van der Waals surface area contributed by atoms with Gasteiger partial charge in [0.15, 0.2) is 0 Å². The third-order valence-electron chi connectivity index (χ3n) is 6.53. The Balaban J connectivity index is 1.44. The number of carbonyl (C=O) groups excluding carboxylic acids is 1.